The first-order valence-electron chi connectivity index (χ1n) is 6.08. The molecule has 1 unspecified atom stereocenters. The molecule has 0 spiro atoms. The SMILES string of the molecule is CC(C)S(=O)(=O)NC(C(=O)O)C1CCCCC1. The van der Waals surface area contributed by atoms with E-state index >= 15 is 0 Å². The molecule has 0 aromatic carbocycles. The normalized spacial score (nSPS) is 20.4. The van der Waals surface area contributed by atoms with E-state index in [1.165, 1.54) is 0 Å². The van der Waals surface area contributed by atoms with Gasteiger partial charge in [-0.2, -0.15) is 0 Å². The highest BCUT2D eigenvalue weighted by molar-refractivity contribution is 7.90. The number of sulfonamides is 1. The topological polar surface area (TPSA) is 83.5 Å². The first-order chi connectivity index (χ1) is 7.84. The van der Waals surface area contributed by atoms with Crippen molar-refractivity contribution in [2.75, 3.05) is 0 Å². The van der Waals surface area contributed by atoms with Gasteiger partial charge in [0.25, 0.3) is 0 Å². The van der Waals surface area contributed by atoms with Gasteiger partial charge in [-0.25, -0.2) is 13.1 Å². The Kier molecular flexibility index (Phi) is 4.94. The van der Waals surface area contributed by atoms with Crippen molar-refractivity contribution in [1.82, 2.24) is 4.72 Å². The molecule has 1 aliphatic rings. The molecular weight excluding hydrogens is 242 g/mol. The first kappa shape index (κ1) is 14.4. The van der Waals surface area contributed by atoms with Crippen LogP contribution in [0.5, 0.6) is 0 Å². The van der Waals surface area contributed by atoms with Crippen LogP contribution in [-0.2, 0) is 14.8 Å². The second-order valence-corrected chi connectivity index (χ2v) is 7.19. The number of aliphatic carboxylic acids is 1. The lowest BCUT2D eigenvalue weighted by atomic mass is 9.84. The Bertz CT molecular complexity index is 358. The quantitative estimate of drug-likeness (QED) is 0.784. The molecule has 100 valence electrons. The maximum absolute atomic E-state index is 11.7. The number of carbonyl (C=O) groups is 1. The van der Waals surface area contributed by atoms with Crippen molar-refractivity contribution in [3.05, 3.63) is 0 Å². The molecule has 0 bridgehead atoms. The second kappa shape index (κ2) is 5.82. The summed E-state index contributed by atoms with van der Waals surface area (Å²) in [6, 6.07) is -0.970. The highest BCUT2D eigenvalue weighted by Gasteiger charge is 2.33. The van der Waals surface area contributed by atoms with Gasteiger partial charge < -0.3 is 5.11 Å². The highest BCUT2D eigenvalue weighted by Crippen LogP contribution is 2.27. The summed E-state index contributed by atoms with van der Waals surface area (Å²) in [5.41, 5.74) is 0. The van der Waals surface area contributed by atoms with Crippen LogP contribution in [0.25, 0.3) is 0 Å². The van der Waals surface area contributed by atoms with Crippen LogP contribution in [-0.4, -0.2) is 30.8 Å². The molecule has 5 nitrogen and oxygen atoms in total. The van der Waals surface area contributed by atoms with E-state index in [-0.39, 0.29) is 5.92 Å². The monoisotopic (exact) mass is 263 g/mol. The van der Waals surface area contributed by atoms with Gasteiger partial charge in [-0.1, -0.05) is 19.3 Å². The number of rotatable bonds is 5. The van der Waals surface area contributed by atoms with Gasteiger partial charge in [0.05, 0.1) is 5.25 Å². The minimum Gasteiger partial charge on any atom is -0.480 e. The Morgan fingerprint density at radius 3 is 2.18 bits per heavy atom. The average Bonchev–Trinajstić information content (AvgIpc) is 2.26. The summed E-state index contributed by atoms with van der Waals surface area (Å²) in [6.07, 6.45) is 4.66. The van der Waals surface area contributed by atoms with E-state index in [1.54, 1.807) is 13.8 Å². The molecule has 6 heteroatoms. The van der Waals surface area contributed by atoms with Crippen LogP contribution in [0, 0.1) is 5.92 Å². The molecule has 0 saturated heterocycles. The van der Waals surface area contributed by atoms with Gasteiger partial charge in [0, 0.05) is 0 Å². The third kappa shape index (κ3) is 3.96. The van der Waals surface area contributed by atoms with Gasteiger partial charge >= 0.3 is 5.97 Å². The van der Waals surface area contributed by atoms with E-state index in [1.807, 2.05) is 0 Å². The Labute approximate surface area is 103 Å². The number of hydrogen-bond acceptors (Lipinski definition) is 3. The Morgan fingerprint density at radius 2 is 1.76 bits per heavy atom. The molecule has 1 saturated carbocycles. The fourth-order valence-electron chi connectivity index (χ4n) is 2.13. The van der Waals surface area contributed by atoms with Gasteiger partial charge in [0.1, 0.15) is 6.04 Å². The molecule has 17 heavy (non-hydrogen) atoms. The first-order valence-corrected chi connectivity index (χ1v) is 7.63. The fourth-order valence-corrected chi connectivity index (χ4v) is 3.05. The summed E-state index contributed by atoms with van der Waals surface area (Å²) in [4.78, 5) is 11.2. The molecule has 0 radical (unpaired) electrons. The molecule has 2 N–H and O–H groups in total. The summed E-state index contributed by atoms with van der Waals surface area (Å²) in [5, 5.41) is 8.54. The summed E-state index contributed by atoms with van der Waals surface area (Å²) >= 11 is 0. The Hall–Kier alpha value is -0.620. The van der Waals surface area contributed by atoms with Gasteiger partial charge in [0.15, 0.2) is 0 Å². The summed E-state index contributed by atoms with van der Waals surface area (Å²) in [5.74, 6) is -1.14. The lowest BCUT2D eigenvalue weighted by Crippen LogP contribution is -2.48. The van der Waals surface area contributed by atoms with E-state index < -0.39 is 27.3 Å². The van der Waals surface area contributed by atoms with Gasteiger partial charge in [-0.3, -0.25) is 4.79 Å². The third-order valence-electron chi connectivity index (χ3n) is 3.30. The largest absolute Gasteiger partial charge is 0.480 e. The molecule has 0 aromatic heterocycles. The molecule has 0 aliphatic heterocycles. The molecule has 1 aliphatic carbocycles. The number of carboxylic acids is 1. The summed E-state index contributed by atoms with van der Waals surface area (Å²) in [6.45, 7) is 3.09. The third-order valence-corrected chi connectivity index (χ3v) is 5.12. The molecule has 1 rings (SSSR count). The molecular formula is C11H21NO4S. The lowest BCUT2D eigenvalue weighted by molar-refractivity contribution is -0.140. The van der Waals surface area contributed by atoms with E-state index in [2.05, 4.69) is 4.72 Å². The van der Waals surface area contributed by atoms with Crippen molar-refractivity contribution in [2.24, 2.45) is 5.92 Å². The van der Waals surface area contributed by atoms with Gasteiger partial charge in [-0.05, 0) is 32.6 Å². The summed E-state index contributed by atoms with van der Waals surface area (Å²) in [7, 11) is -3.52. The zero-order valence-corrected chi connectivity index (χ0v) is 11.2. The van der Waals surface area contributed by atoms with E-state index in [0.717, 1.165) is 32.1 Å². The number of hydrogen-bond donors (Lipinski definition) is 2. The zero-order chi connectivity index (χ0) is 13.1. The van der Waals surface area contributed by atoms with E-state index in [0.29, 0.717) is 0 Å². The van der Waals surface area contributed by atoms with E-state index in [9.17, 15) is 13.2 Å². The predicted molar refractivity (Wildman–Crippen MR) is 65.2 cm³/mol. The molecule has 1 atom stereocenters. The van der Waals surface area contributed by atoms with Gasteiger partial charge in [0.2, 0.25) is 10.0 Å². The van der Waals surface area contributed by atoms with Crippen LogP contribution < -0.4 is 4.72 Å². The van der Waals surface area contributed by atoms with Crippen molar-refractivity contribution < 1.29 is 18.3 Å². The molecule has 0 heterocycles. The second-order valence-electron chi connectivity index (χ2n) is 4.93. The van der Waals surface area contributed by atoms with Crippen LogP contribution in [0.1, 0.15) is 46.0 Å². The van der Waals surface area contributed by atoms with Crippen molar-refractivity contribution in [2.45, 2.75) is 57.2 Å². The van der Waals surface area contributed by atoms with Crippen molar-refractivity contribution >= 4 is 16.0 Å². The summed E-state index contributed by atoms with van der Waals surface area (Å²) < 4.78 is 25.8. The molecule has 0 amide bonds. The van der Waals surface area contributed by atoms with Crippen molar-refractivity contribution in [3.8, 4) is 0 Å². The van der Waals surface area contributed by atoms with Crippen LogP contribution in [0.15, 0.2) is 0 Å². The lowest BCUT2D eigenvalue weighted by Gasteiger charge is -2.28. The zero-order valence-electron chi connectivity index (χ0n) is 10.3. The maximum atomic E-state index is 11.7. The maximum Gasteiger partial charge on any atom is 0.322 e. The van der Waals surface area contributed by atoms with Crippen molar-refractivity contribution in [3.63, 3.8) is 0 Å². The minimum atomic E-state index is -3.52. The van der Waals surface area contributed by atoms with E-state index in [4.69, 9.17) is 5.11 Å². The average molecular weight is 263 g/mol. The predicted octanol–water partition coefficient (Wildman–Crippen LogP) is 1.35. The standard InChI is InChI=1S/C11H21NO4S/c1-8(2)17(15,16)12-10(11(13)14)9-6-4-3-5-7-9/h8-10,12H,3-7H2,1-2H3,(H,13,14). The highest BCUT2D eigenvalue weighted by atomic mass is 32.2. The van der Waals surface area contributed by atoms with Crippen molar-refractivity contribution in [1.29, 1.82) is 0 Å². The Morgan fingerprint density at radius 1 is 1.24 bits per heavy atom. The van der Waals surface area contributed by atoms with Crippen LogP contribution >= 0.6 is 0 Å². The minimum absolute atomic E-state index is 0.0743. The van der Waals surface area contributed by atoms with Gasteiger partial charge in [-0.15, -0.1) is 0 Å². The number of nitrogens with one attached hydrogen (secondary N) is 1. The number of carboxylic acid groups (broad SMARTS) is 1. The van der Waals surface area contributed by atoms with Crippen LogP contribution in [0.2, 0.25) is 0 Å². The van der Waals surface area contributed by atoms with Crippen LogP contribution in [0.3, 0.4) is 0 Å². The smallest absolute Gasteiger partial charge is 0.322 e. The fraction of sp³-hybridized carbons (Fsp3) is 0.909. The molecule has 0 aromatic rings. The Balaban J connectivity index is 2.76. The van der Waals surface area contributed by atoms with Crippen LogP contribution in [0.4, 0.5) is 0 Å². The molecule has 1 fully saturated rings.